The molecule has 0 bridgehead atoms. The zero-order valence-electron chi connectivity index (χ0n) is 9.97. The first-order valence-electron chi connectivity index (χ1n) is 5.77. The second kappa shape index (κ2) is 4.59. The van der Waals surface area contributed by atoms with E-state index in [-0.39, 0.29) is 11.2 Å². The summed E-state index contributed by atoms with van der Waals surface area (Å²) in [6.45, 7) is -0.496. The quantitative estimate of drug-likeness (QED) is 0.463. The number of aliphatic hydroxyl groups is 3. The van der Waals surface area contributed by atoms with Gasteiger partial charge in [0.2, 0.25) is 0 Å². The van der Waals surface area contributed by atoms with Gasteiger partial charge in [0.15, 0.2) is 17.4 Å². The number of H-pyrrole nitrogens is 1. The molecule has 0 aliphatic carbocycles. The van der Waals surface area contributed by atoms with Crippen LogP contribution >= 0.6 is 0 Å². The Labute approximate surface area is 110 Å². The molecule has 20 heavy (non-hydrogen) atoms. The van der Waals surface area contributed by atoms with Crippen molar-refractivity contribution in [1.29, 1.82) is 0 Å². The number of nitrogens with zero attached hydrogens (tertiary/aromatic N) is 3. The Kier molecular flexibility index (Phi) is 3.01. The minimum Gasteiger partial charge on any atom is -0.394 e. The van der Waals surface area contributed by atoms with Crippen molar-refractivity contribution in [1.82, 2.24) is 19.5 Å². The number of imidazole rings is 1. The maximum absolute atomic E-state index is 13.2. The van der Waals surface area contributed by atoms with Crippen molar-refractivity contribution in [2.45, 2.75) is 24.5 Å². The number of aromatic amines is 1. The second-order valence-corrected chi connectivity index (χ2v) is 4.41. The smallest absolute Gasteiger partial charge is 0.291 e. The van der Waals surface area contributed by atoms with Crippen LogP contribution in [0.4, 0.5) is 4.39 Å². The second-order valence-electron chi connectivity index (χ2n) is 4.41. The molecule has 1 aliphatic heterocycles. The van der Waals surface area contributed by atoms with Crippen LogP contribution < -0.4 is 5.56 Å². The van der Waals surface area contributed by atoms with Gasteiger partial charge in [-0.3, -0.25) is 14.3 Å². The van der Waals surface area contributed by atoms with Gasteiger partial charge in [-0.2, -0.15) is 9.37 Å². The van der Waals surface area contributed by atoms with E-state index in [1.807, 2.05) is 4.98 Å². The molecule has 0 amide bonds. The highest BCUT2D eigenvalue weighted by molar-refractivity contribution is 5.69. The van der Waals surface area contributed by atoms with Gasteiger partial charge < -0.3 is 20.1 Å². The number of aromatic nitrogens is 4. The van der Waals surface area contributed by atoms with Gasteiger partial charge in [0.1, 0.15) is 18.3 Å². The molecule has 4 N–H and O–H groups in total. The molecule has 108 valence electrons. The van der Waals surface area contributed by atoms with Gasteiger partial charge in [-0.15, -0.1) is 0 Å². The summed E-state index contributed by atoms with van der Waals surface area (Å²) in [7, 11) is 0. The zero-order valence-corrected chi connectivity index (χ0v) is 9.97. The topological polar surface area (TPSA) is 133 Å². The lowest BCUT2D eigenvalue weighted by molar-refractivity contribution is -0.0511. The molecule has 2 aromatic rings. The third-order valence-corrected chi connectivity index (χ3v) is 3.19. The molecule has 10 heteroatoms. The Morgan fingerprint density at radius 3 is 2.85 bits per heavy atom. The van der Waals surface area contributed by atoms with E-state index in [0.717, 1.165) is 10.9 Å². The number of hydrogen-bond donors (Lipinski definition) is 4. The lowest BCUT2D eigenvalue weighted by Crippen LogP contribution is -2.33. The molecule has 2 aromatic heterocycles. The van der Waals surface area contributed by atoms with Crippen LogP contribution in [0.3, 0.4) is 0 Å². The molecule has 0 radical (unpaired) electrons. The van der Waals surface area contributed by atoms with Crippen molar-refractivity contribution >= 4 is 11.2 Å². The number of halogens is 1. The average Bonchev–Trinajstić information content (AvgIpc) is 2.93. The van der Waals surface area contributed by atoms with Crippen LogP contribution in [-0.2, 0) is 4.74 Å². The number of fused-ring (bicyclic) bond motifs is 1. The SMILES string of the molecule is O=c1[nH]c(F)nc2c1ncn2[C@@H]1O[C@H](CO)C(O)[C@H]1O. The van der Waals surface area contributed by atoms with Crippen molar-refractivity contribution < 1.29 is 24.4 Å². The highest BCUT2D eigenvalue weighted by atomic mass is 19.1. The highest BCUT2D eigenvalue weighted by Crippen LogP contribution is 2.30. The van der Waals surface area contributed by atoms with Gasteiger partial charge in [-0.25, -0.2) is 4.98 Å². The minimum absolute atomic E-state index is 0.121. The maximum atomic E-state index is 13.2. The molecule has 1 fully saturated rings. The fraction of sp³-hybridized carbons (Fsp3) is 0.500. The van der Waals surface area contributed by atoms with Crippen molar-refractivity contribution in [3.8, 4) is 0 Å². The lowest BCUT2D eigenvalue weighted by Gasteiger charge is -2.16. The van der Waals surface area contributed by atoms with Crippen LogP contribution in [0.15, 0.2) is 11.1 Å². The maximum Gasteiger partial charge on any atom is 0.291 e. The number of hydrogen-bond acceptors (Lipinski definition) is 7. The molecule has 3 rings (SSSR count). The lowest BCUT2D eigenvalue weighted by atomic mass is 10.1. The molecule has 1 unspecified atom stereocenters. The molecule has 0 spiro atoms. The molecule has 3 heterocycles. The molecule has 4 atom stereocenters. The first kappa shape index (κ1) is 13.1. The van der Waals surface area contributed by atoms with Crippen molar-refractivity contribution in [2.24, 2.45) is 0 Å². The zero-order chi connectivity index (χ0) is 14.4. The van der Waals surface area contributed by atoms with E-state index in [9.17, 15) is 19.4 Å². The summed E-state index contributed by atoms with van der Waals surface area (Å²) >= 11 is 0. The predicted molar refractivity (Wildman–Crippen MR) is 61.1 cm³/mol. The minimum atomic E-state index is -1.37. The number of nitrogens with one attached hydrogen (secondary N) is 1. The predicted octanol–water partition coefficient (Wildman–Crippen LogP) is -2.13. The van der Waals surface area contributed by atoms with Crippen LogP contribution in [0.1, 0.15) is 6.23 Å². The van der Waals surface area contributed by atoms with Gasteiger partial charge in [0.25, 0.3) is 11.6 Å². The van der Waals surface area contributed by atoms with E-state index in [0.29, 0.717) is 0 Å². The fourth-order valence-electron chi connectivity index (χ4n) is 2.20. The van der Waals surface area contributed by atoms with E-state index >= 15 is 0 Å². The summed E-state index contributed by atoms with van der Waals surface area (Å²) in [5, 5.41) is 28.6. The summed E-state index contributed by atoms with van der Waals surface area (Å²) in [6, 6.07) is 0. The number of ether oxygens (including phenoxy) is 1. The molecule has 0 aromatic carbocycles. The van der Waals surface area contributed by atoms with E-state index in [4.69, 9.17) is 9.84 Å². The van der Waals surface area contributed by atoms with Crippen LogP contribution in [-0.4, -0.2) is 59.8 Å². The summed E-state index contributed by atoms with van der Waals surface area (Å²) in [6.07, 6.45) is -4.74. The Hall–Kier alpha value is -1.88. The van der Waals surface area contributed by atoms with Gasteiger partial charge in [0.05, 0.1) is 12.9 Å². The first-order valence-corrected chi connectivity index (χ1v) is 5.77. The molecular weight excluding hydrogens is 275 g/mol. The van der Waals surface area contributed by atoms with E-state index in [2.05, 4.69) is 9.97 Å². The number of aliphatic hydroxyl groups excluding tert-OH is 3. The molecule has 0 saturated carbocycles. The van der Waals surface area contributed by atoms with Crippen LogP contribution in [0.5, 0.6) is 0 Å². The van der Waals surface area contributed by atoms with Gasteiger partial charge in [-0.05, 0) is 0 Å². The van der Waals surface area contributed by atoms with Crippen molar-refractivity contribution in [2.75, 3.05) is 6.61 Å². The molecule has 1 saturated heterocycles. The summed E-state index contributed by atoms with van der Waals surface area (Å²) in [5.41, 5.74) is -1.01. The largest absolute Gasteiger partial charge is 0.394 e. The van der Waals surface area contributed by atoms with Crippen molar-refractivity contribution in [3.05, 3.63) is 22.8 Å². The van der Waals surface area contributed by atoms with Crippen molar-refractivity contribution in [3.63, 3.8) is 0 Å². The summed E-state index contributed by atoms with van der Waals surface area (Å²) in [5.74, 6) is 0. The first-order chi connectivity index (χ1) is 9.52. The average molecular weight is 286 g/mol. The Bertz CT molecular complexity index is 701. The van der Waals surface area contributed by atoms with Gasteiger partial charge >= 0.3 is 0 Å². The molecule has 1 aliphatic rings. The summed E-state index contributed by atoms with van der Waals surface area (Å²) in [4.78, 5) is 20.6. The van der Waals surface area contributed by atoms with E-state index in [1.54, 1.807) is 0 Å². The molecular formula is C10H11FN4O5. The Morgan fingerprint density at radius 1 is 1.45 bits per heavy atom. The monoisotopic (exact) mass is 286 g/mol. The summed E-state index contributed by atoms with van der Waals surface area (Å²) < 4.78 is 19.6. The third kappa shape index (κ3) is 1.81. The third-order valence-electron chi connectivity index (χ3n) is 3.19. The highest BCUT2D eigenvalue weighted by Gasteiger charge is 2.44. The van der Waals surface area contributed by atoms with Gasteiger partial charge in [-0.1, -0.05) is 0 Å². The Balaban J connectivity index is 2.09. The van der Waals surface area contributed by atoms with Crippen LogP contribution in [0, 0.1) is 6.08 Å². The van der Waals surface area contributed by atoms with E-state index in [1.165, 1.54) is 0 Å². The fourth-order valence-corrected chi connectivity index (χ4v) is 2.20. The Morgan fingerprint density at radius 2 is 2.20 bits per heavy atom. The number of rotatable bonds is 2. The van der Waals surface area contributed by atoms with Gasteiger partial charge in [0, 0.05) is 0 Å². The van der Waals surface area contributed by atoms with E-state index < -0.39 is 42.8 Å². The van der Waals surface area contributed by atoms with Crippen LogP contribution in [0.25, 0.3) is 11.2 Å². The normalized spacial score (nSPS) is 30.2. The van der Waals surface area contributed by atoms with Crippen LogP contribution in [0.2, 0.25) is 0 Å². The standard InChI is InChI=1S/C10H11FN4O5/c11-10-13-7-4(8(19)14-10)12-2-15(7)9-6(18)5(17)3(1-16)20-9/h2-3,5-6,9,16-18H,1H2,(H,13,14,19)/t3-,5?,6-,9-/m1/s1. The molecule has 9 nitrogen and oxygen atoms in total.